The van der Waals surface area contributed by atoms with Crippen LogP contribution in [0.4, 0.5) is 5.13 Å². The van der Waals surface area contributed by atoms with Crippen molar-refractivity contribution in [3.8, 4) is 0 Å². The van der Waals surface area contributed by atoms with Crippen LogP contribution in [0.5, 0.6) is 0 Å². The zero-order valence-electron chi connectivity index (χ0n) is 8.98. The van der Waals surface area contributed by atoms with Gasteiger partial charge in [-0.3, -0.25) is 4.90 Å². The van der Waals surface area contributed by atoms with Crippen LogP contribution in [0.25, 0.3) is 0 Å². The molecule has 0 aromatic carbocycles. The molecule has 0 fully saturated rings. The summed E-state index contributed by atoms with van der Waals surface area (Å²) in [5, 5.41) is 10.9. The van der Waals surface area contributed by atoms with Crippen LogP contribution < -0.4 is 10.6 Å². The van der Waals surface area contributed by atoms with Gasteiger partial charge in [0, 0.05) is 30.7 Å². The van der Waals surface area contributed by atoms with E-state index in [1.807, 2.05) is 17.5 Å². The van der Waals surface area contributed by atoms with E-state index in [2.05, 4.69) is 15.2 Å². The van der Waals surface area contributed by atoms with Crippen molar-refractivity contribution in [2.24, 2.45) is 5.73 Å². The van der Waals surface area contributed by atoms with Crippen LogP contribution in [-0.4, -0.2) is 26.8 Å². The van der Waals surface area contributed by atoms with Crippen molar-refractivity contribution in [3.63, 3.8) is 0 Å². The van der Waals surface area contributed by atoms with Gasteiger partial charge in [0.1, 0.15) is 0 Å². The largest absolute Gasteiger partial charge is 0.376 e. The fourth-order valence-corrected chi connectivity index (χ4v) is 2.26. The molecular weight excluding hydrogens is 254 g/mol. The van der Waals surface area contributed by atoms with Gasteiger partial charge in [-0.1, -0.05) is 0 Å². The van der Waals surface area contributed by atoms with E-state index >= 15 is 0 Å². The number of rotatable bonds is 4. The number of thiazole rings is 1. The molecule has 2 heterocycles. The maximum absolute atomic E-state index is 5.68. The van der Waals surface area contributed by atoms with Crippen molar-refractivity contribution in [3.05, 3.63) is 35.6 Å². The zero-order chi connectivity index (χ0) is 12.1. The molecule has 0 atom stereocenters. The zero-order valence-corrected chi connectivity index (χ0v) is 10.6. The number of nitrogens with zero attached hydrogens (tertiary/aromatic N) is 4. The summed E-state index contributed by atoms with van der Waals surface area (Å²) < 4.78 is 0. The second-order valence-corrected chi connectivity index (χ2v) is 4.56. The smallest absolute Gasteiger partial charge is 0.191 e. The fourth-order valence-electron chi connectivity index (χ4n) is 1.34. The summed E-state index contributed by atoms with van der Waals surface area (Å²) in [5.41, 5.74) is 6.59. The van der Waals surface area contributed by atoms with Crippen molar-refractivity contribution in [1.82, 2.24) is 15.2 Å². The summed E-state index contributed by atoms with van der Waals surface area (Å²) in [7, 11) is 0. The molecule has 0 amide bonds. The van der Waals surface area contributed by atoms with Crippen LogP contribution in [-0.2, 0) is 6.42 Å². The second kappa shape index (κ2) is 5.65. The quantitative estimate of drug-likeness (QED) is 0.839. The van der Waals surface area contributed by atoms with E-state index < -0.39 is 0 Å². The van der Waals surface area contributed by atoms with Crippen LogP contribution in [0.15, 0.2) is 29.9 Å². The first-order chi connectivity index (χ1) is 8.27. The predicted molar refractivity (Wildman–Crippen MR) is 72.0 cm³/mol. The highest BCUT2D eigenvalue weighted by atomic mass is 32.1. The molecule has 5 nitrogen and oxygen atoms in total. The second-order valence-electron chi connectivity index (χ2n) is 3.27. The van der Waals surface area contributed by atoms with E-state index in [0.29, 0.717) is 11.7 Å². The maximum Gasteiger partial charge on any atom is 0.191 e. The molecule has 0 radical (unpaired) electrons. The third-order valence-electron chi connectivity index (χ3n) is 2.14. The molecule has 88 valence electrons. The number of anilines is 1. The summed E-state index contributed by atoms with van der Waals surface area (Å²) in [6, 6.07) is 3.78. The Kier molecular flexibility index (Phi) is 3.94. The molecule has 0 aliphatic carbocycles. The van der Waals surface area contributed by atoms with Gasteiger partial charge in [0.2, 0.25) is 0 Å². The Morgan fingerprint density at radius 2 is 2.35 bits per heavy atom. The number of hydrogen-bond donors (Lipinski definition) is 1. The first kappa shape index (κ1) is 11.9. The standard InChI is InChI=1S/C10H11N5S2/c11-9(16)15(10-12-5-7-17-10)6-3-8-2-1-4-13-14-8/h1-2,4-5,7H,3,6H2,(H2,11,16). The summed E-state index contributed by atoms with van der Waals surface area (Å²) >= 11 is 6.52. The number of nitrogens with two attached hydrogens (primary N) is 1. The Labute approximate surface area is 108 Å². The molecule has 17 heavy (non-hydrogen) atoms. The highest BCUT2D eigenvalue weighted by Gasteiger charge is 2.11. The lowest BCUT2D eigenvalue weighted by molar-refractivity contribution is 0.852. The monoisotopic (exact) mass is 265 g/mol. The van der Waals surface area contributed by atoms with E-state index in [1.165, 1.54) is 11.3 Å². The normalized spacial score (nSPS) is 10.1. The highest BCUT2D eigenvalue weighted by Crippen LogP contribution is 2.17. The van der Waals surface area contributed by atoms with Gasteiger partial charge in [-0.15, -0.1) is 11.3 Å². The molecule has 0 aliphatic rings. The van der Waals surface area contributed by atoms with Gasteiger partial charge in [0.15, 0.2) is 10.2 Å². The molecule has 7 heteroatoms. The van der Waals surface area contributed by atoms with E-state index in [9.17, 15) is 0 Å². The number of aromatic nitrogens is 3. The fraction of sp³-hybridized carbons (Fsp3) is 0.200. The molecule has 0 spiro atoms. The Morgan fingerprint density at radius 3 is 2.94 bits per heavy atom. The minimum Gasteiger partial charge on any atom is -0.376 e. The van der Waals surface area contributed by atoms with Gasteiger partial charge in [-0.25, -0.2) is 4.98 Å². The molecule has 0 saturated heterocycles. The maximum atomic E-state index is 5.68. The molecular formula is C10H11N5S2. The molecule has 0 aliphatic heterocycles. The highest BCUT2D eigenvalue weighted by molar-refractivity contribution is 7.80. The van der Waals surface area contributed by atoms with Crippen molar-refractivity contribution in [2.75, 3.05) is 11.4 Å². The van der Waals surface area contributed by atoms with E-state index in [4.69, 9.17) is 18.0 Å². The molecule has 0 saturated carbocycles. The van der Waals surface area contributed by atoms with Gasteiger partial charge in [0.25, 0.3) is 0 Å². The van der Waals surface area contributed by atoms with Crippen LogP contribution in [0.1, 0.15) is 5.69 Å². The van der Waals surface area contributed by atoms with Crippen LogP contribution in [0.2, 0.25) is 0 Å². The predicted octanol–water partition coefficient (Wildman–Crippen LogP) is 1.23. The van der Waals surface area contributed by atoms with Gasteiger partial charge >= 0.3 is 0 Å². The molecule has 2 aromatic rings. The van der Waals surface area contributed by atoms with E-state index in [-0.39, 0.29) is 0 Å². The summed E-state index contributed by atoms with van der Waals surface area (Å²) in [5.74, 6) is 0. The van der Waals surface area contributed by atoms with Crippen molar-refractivity contribution >= 4 is 33.8 Å². The summed E-state index contributed by atoms with van der Waals surface area (Å²) in [4.78, 5) is 5.99. The van der Waals surface area contributed by atoms with Gasteiger partial charge in [0.05, 0.1) is 5.69 Å². The Morgan fingerprint density at radius 1 is 1.47 bits per heavy atom. The van der Waals surface area contributed by atoms with Gasteiger partial charge < -0.3 is 5.73 Å². The average Bonchev–Trinajstić information content (AvgIpc) is 2.84. The van der Waals surface area contributed by atoms with Gasteiger partial charge in [-0.2, -0.15) is 10.2 Å². The molecule has 0 unspecified atom stereocenters. The number of hydrogen-bond acceptors (Lipinski definition) is 5. The minimum atomic E-state index is 0.323. The van der Waals surface area contributed by atoms with Crippen LogP contribution in [0, 0.1) is 0 Å². The lowest BCUT2D eigenvalue weighted by Crippen LogP contribution is -2.37. The first-order valence-corrected chi connectivity index (χ1v) is 6.29. The van der Waals surface area contributed by atoms with Crippen molar-refractivity contribution < 1.29 is 0 Å². The SMILES string of the molecule is NC(=S)N(CCc1cccnn1)c1nccs1. The van der Waals surface area contributed by atoms with Crippen LogP contribution >= 0.6 is 23.6 Å². The van der Waals surface area contributed by atoms with Gasteiger partial charge in [-0.05, 0) is 24.4 Å². The topological polar surface area (TPSA) is 67.9 Å². The van der Waals surface area contributed by atoms with E-state index in [1.54, 1.807) is 17.3 Å². The Hall–Kier alpha value is -1.60. The lowest BCUT2D eigenvalue weighted by atomic mass is 10.3. The average molecular weight is 265 g/mol. The first-order valence-electron chi connectivity index (χ1n) is 5.00. The Balaban J connectivity index is 2.03. The lowest BCUT2D eigenvalue weighted by Gasteiger charge is -2.18. The molecule has 2 rings (SSSR count). The summed E-state index contributed by atoms with van der Waals surface area (Å²) in [6.45, 7) is 0.654. The third kappa shape index (κ3) is 3.18. The van der Waals surface area contributed by atoms with E-state index in [0.717, 1.165) is 17.2 Å². The van der Waals surface area contributed by atoms with Crippen molar-refractivity contribution in [2.45, 2.75) is 6.42 Å². The molecule has 0 bridgehead atoms. The van der Waals surface area contributed by atoms with Crippen molar-refractivity contribution in [1.29, 1.82) is 0 Å². The minimum absolute atomic E-state index is 0.323. The Bertz CT molecular complexity index is 471. The molecule has 2 N–H and O–H groups in total. The molecule has 2 aromatic heterocycles. The number of thiocarbonyl (C=S) groups is 1. The van der Waals surface area contributed by atoms with Crippen LogP contribution in [0.3, 0.4) is 0 Å². The third-order valence-corrected chi connectivity index (χ3v) is 3.15. The summed E-state index contributed by atoms with van der Waals surface area (Å²) in [6.07, 6.45) is 4.11.